The van der Waals surface area contributed by atoms with Crippen LogP contribution in [0.3, 0.4) is 0 Å². The Bertz CT molecular complexity index is 352. The molecule has 1 aromatic rings. The van der Waals surface area contributed by atoms with Crippen molar-refractivity contribution in [3.8, 4) is 0 Å². The molecule has 0 saturated heterocycles. The lowest BCUT2D eigenvalue weighted by atomic mass is 10.2. The first-order chi connectivity index (χ1) is 6.77. The molecule has 1 amide bonds. The van der Waals surface area contributed by atoms with Crippen molar-refractivity contribution in [2.45, 2.75) is 0 Å². The van der Waals surface area contributed by atoms with Gasteiger partial charge in [-0.15, -0.1) is 0 Å². The van der Waals surface area contributed by atoms with Crippen molar-refractivity contribution in [3.63, 3.8) is 0 Å². The number of rotatable bonds is 3. The van der Waals surface area contributed by atoms with E-state index in [9.17, 15) is 4.79 Å². The number of nitrogen functional groups attached to an aromatic ring is 1. The third-order valence-corrected chi connectivity index (χ3v) is 1.78. The molecule has 3 N–H and O–H groups in total. The number of nitrogens with one attached hydrogen (secondary N) is 1. The molecule has 0 saturated carbocycles. The van der Waals surface area contributed by atoms with Crippen LogP contribution in [-0.2, 0) is 0 Å². The number of pyridine rings is 1. The summed E-state index contributed by atoms with van der Waals surface area (Å²) in [5.74, 6) is 5.29. The molecule has 0 aliphatic carbocycles. The van der Waals surface area contributed by atoms with Gasteiger partial charge in [0, 0.05) is 18.1 Å². The van der Waals surface area contributed by atoms with Gasteiger partial charge < -0.3 is 0 Å². The predicted molar refractivity (Wildman–Crippen MR) is 58.8 cm³/mol. The van der Waals surface area contributed by atoms with E-state index >= 15 is 0 Å². The summed E-state index contributed by atoms with van der Waals surface area (Å²) in [7, 11) is 0. The summed E-state index contributed by atoms with van der Waals surface area (Å²) in [6.07, 6.45) is 6.82. The third kappa shape index (κ3) is 2.86. The lowest BCUT2D eigenvalue weighted by Crippen LogP contribution is -2.30. The van der Waals surface area contributed by atoms with Crippen molar-refractivity contribution in [3.05, 3.63) is 35.7 Å². The monoisotopic (exact) mass is 209 g/mol. The highest BCUT2D eigenvalue weighted by atomic mass is 32.1. The molecule has 4 nitrogen and oxygen atoms in total. The first-order valence-corrected chi connectivity index (χ1v) is 4.64. The second-order valence-electron chi connectivity index (χ2n) is 2.57. The molecule has 1 heterocycles. The predicted octanol–water partition coefficient (Wildman–Crippen LogP) is 0.628. The number of hydrogen-bond donors (Lipinski definition) is 3. The Morgan fingerprint density at radius 1 is 1.64 bits per heavy atom. The van der Waals surface area contributed by atoms with Crippen LogP contribution in [0.2, 0.25) is 0 Å². The molecule has 0 aromatic carbocycles. The highest BCUT2D eigenvalue weighted by Gasteiger charge is 2.02. The van der Waals surface area contributed by atoms with Crippen LogP contribution in [0.25, 0.3) is 6.08 Å². The van der Waals surface area contributed by atoms with Crippen LogP contribution in [0.15, 0.2) is 24.5 Å². The van der Waals surface area contributed by atoms with E-state index < -0.39 is 0 Å². The molecule has 0 bridgehead atoms. The van der Waals surface area contributed by atoms with Crippen molar-refractivity contribution >= 4 is 24.6 Å². The van der Waals surface area contributed by atoms with E-state index in [0.717, 1.165) is 5.56 Å². The maximum atomic E-state index is 11.1. The number of amides is 1. The van der Waals surface area contributed by atoms with Crippen LogP contribution < -0.4 is 11.3 Å². The lowest BCUT2D eigenvalue weighted by Gasteiger charge is -1.99. The van der Waals surface area contributed by atoms with Gasteiger partial charge >= 0.3 is 0 Å². The van der Waals surface area contributed by atoms with E-state index in [2.05, 4.69) is 17.6 Å². The molecule has 74 valence electrons. The van der Waals surface area contributed by atoms with Crippen LogP contribution in [0, 0.1) is 0 Å². The van der Waals surface area contributed by atoms with E-state index in [1.807, 2.05) is 17.6 Å². The number of nitrogens with two attached hydrogens (primary N) is 1. The summed E-state index contributed by atoms with van der Waals surface area (Å²) in [5.41, 5.74) is 3.33. The molecule has 1 aromatic heterocycles. The van der Waals surface area contributed by atoms with Crippen LogP contribution >= 0.6 is 12.6 Å². The zero-order chi connectivity index (χ0) is 10.4. The van der Waals surface area contributed by atoms with Gasteiger partial charge in [0.1, 0.15) is 0 Å². The van der Waals surface area contributed by atoms with Gasteiger partial charge in [-0.3, -0.25) is 15.2 Å². The van der Waals surface area contributed by atoms with Crippen molar-refractivity contribution in [2.24, 2.45) is 5.84 Å². The van der Waals surface area contributed by atoms with Crippen LogP contribution in [0.5, 0.6) is 0 Å². The number of nitrogens with zero attached hydrogens (tertiary/aromatic N) is 1. The molecule has 14 heavy (non-hydrogen) atoms. The van der Waals surface area contributed by atoms with Gasteiger partial charge in [-0.1, -0.05) is 12.2 Å². The van der Waals surface area contributed by atoms with Gasteiger partial charge in [-0.05, 0) is 11.6 Å². The van der Waals surface area contributed by atoms with Crippen molar-refractivity contribution in [1.82, 2.24) is 10.4 Å². The van der Waals surface area contributed by atoms with Gasteiger partial charge in [0.05, 0.1) is 5.56 Å². The Morgan fingerprint density at radius 3 is 3.07 bits per heavy atom. The molecule has 5 heteroatoms. The average molecular weight is 209 g/mol. The average Bonchev–Trinajstić information content (AvgIpc) is 2.25. The summed E-state index contributed by atoms with van der Waals surface area (Å²) in [5, 5.41) is 0. The van der Waals surface area contributed by atoms with Gasteiger partial charge in [-0.2, -0.15) is 12.6 Å². The number of carbonyl (C=O) groups excluding carboxylic acids is 1. The standard InChI is InChI=1S/C9H11N3OS/c10-12-9(13)8-4-7(2-1-3-14)5-11-6-8/h1-2,4-6,14H,3,10H2,(H,12,13). The zero-order valence-electron chi connectivity index (χ0n) is 7.47. The Labute approximate surface area is 87.6 Å². The van der Waals surface area contributed by atoms with Crippen LogP contribution in [0.1, 0.15) is 15.9 Å². The first kappa shape index (κ1) is 10.7. The molecular weight excluding hydrogens is 198 g/mol. The molecule has 0 aliphatic rings. The third-order valence-electron chi connectivity index (χ3n) is 1.57. The number of hydrazine groups is 1. The van der Waals surface area contributed by atoms with E-state index in [1.54, 1.807) is 12.3 Å². The number of thiol groups is 1. The highest BCUT2D eigenvalue weighted by molar-refractivity contribution is 7.80. The van der Waals surface area contributed by atoms with Gasteiger partial charge in [-0.25, -0.2) is 5.84 Å². The molecule has 0 spiro atoms. The Hall–Kier alpha value is -1.33. The molecule has 0 radical (unpaired) electrons. The van der Waals surface area contributed by atoms with E-state index in [0.29, 0.717) is 11.3 Å². The molecular formula is C9H11N3OS. The largest absolute Gasteiger partial charge is 0.290 e. The fourth-order valence-corrected chi connectivity index (χ4v) is 1.05. The van der Waals surface area contributed by atoms with Crippen LogP contribution in [-0.4, -0.2) is 16.6 Å². The molecule has 0 atom stereocenters. The molecule has 0 unspecified atom stereocenters. The van der Waals surface area contributed by atoms with Gasteiger partial charge in [0.25, 0.3) is 5.91 Å². The number of carbonyl (C=O) groups is 1. The summed E-state index contributed by atoms with van der Waals surface area (Å²) < 4.78 is 0. The number of aromatic nitrogens is 1. The minimum absolute atomic E-state index is 0.348. The zero-order valence-corrected chi connectivity index (χ0v) is 8.37. The molecule has 1 rings (SSSR count). The lowest BCUT2D eigenvalue weighted by molar-refractivity contribution is 0.0953. The minimum atomic E-state index is -0.348. The maximum absolute atomic E-state index is 11.1. The van der Waals surface area contributed by atoms with E-state index in [4.69, 9.17) is 5.84 Å². The Kier molecular flexibility index (Phi) is 4.15. The molecule has 0 aliphatic heterocycles. The van der Waals surface area contributed by atoms with E-state index in [1.165, 1.54) is 6.20 Å². The SMILES string of the molecule is NNC(=O)c1cncc(C=CCS)c1. The van der Waals surface area contributed by atoms with Crippen LogP contribution in [0.4, 0.5) is 0 Å². The molecule has 0 fully saturated rings. The number of hydrogen-bond acceptors (Lipinski definition) is 4. The normalized spacial score (nSPS) is 10.4. The fraction of sp³-hybridized carbons (Fsp3) is 0.111. The van der Waals surface area contributed by atoms with Crippen molar-refractivity contribution in [1.29, 1.82) is 0 Å². The topological polar surface area (TPSA) is 68.0 Å². The summed E-state index contributed by atoms with van der Waals surface area (Å²) in [6, 6.07) is 1.70. The summed E-state index contributed by atoms with van der Waals surface area (Å²) in [4.78, 5) is 15.0. The highest BCUT2D eigenvalue weighted by Crippen LogP contribution is 2.04. The second kappa shape index (κ2) is 5.41. The van der Waals surface area contributed by atoms with Gasteiger partial charge in [0.15, 0.2) is 0 Å². The summed E-state index contributed by atoms with van der Waals surface area (Å²) >= 11 is 4.03. The first-order valence-electron chi connectivity index (χ1n) is 4.01. The fourth-order valence-electron chi connectivity index (χ4n) is 0.945. The van der Waals surface area contributed by atoms with Gasteiger partial charge in [0.2, 0.25) is 0 Å². The van der Waals surface area contributed by atoms with Crippen molar-refractivity contribution < 1.29 is 4.79 Å². The quantitative estimate of drug-likeness (QED) is 0.296. The second-order valence-corrected chi connectivity index (χ2v) is 2.93. The minimum Gasteiger partial charge on any atom is -0.290 e. The van der Waals surface area contributed by atoms with E-state index in [-0.39, 0.29) is 5.91 Å². The Balaban J connectivity index is 2.89. The summed E-state index contributed by atoms with van der Waals surface area (Å²) in [6.45, 7) is 0. The van der Waals surface area contributed by atoms with Crippen molar-refractivity contribution in [2.75, 3.05) is 5.75 Å². The maximum Gasteiger partial charge on any atom is 0.266 e. The smallest absolute Gasteiger partial charge is 0.266 e. The Morgan fingerprint density at radius 2 is 2.43 bits per heavy atom.